The summed E-state index contributed by atoms with van der Waals surface area (Å²) in [6, 6.07) is 3.89. The number of fused-ring (bicyclic) bond motifs is 1. The number of piperidine rings is 1. The number of carboxylic acid groups (broad SMARTS) is 1. The van der Waals surface area contributed by atoms with Crippen LogP contribution in [0.3, 0.4) is 0 Å². The van der Waals surface area contributed by atoms with Crippen LogP contribution in [0.25, 0.3) is 0 Å². The maximum absolute atomic E-state index is 13.8. The standard InChI is InChI=1S/C32H45N5O6/c1-32(2,3)25-13-20(15-27(30(25)42-7)37-10-8-23(9-11-37)43-19-29(39)40)28(38)18-36-16-21-12-24(31(41)33-4)26(34-35(5)6)14-22(21)17-36/h12-15,23-24H,8-11,16-19H2,1-7H3,(H,33,41)(H,39,40). The molecule has 3 aliphatic rings. The minimum absolute atomic E-state index is 0.0129. The molecule has 1 aromatic carbocycles. The number of allylic oxidation sites excluding steroid dienone is 1. The van der Waals surface area contributed by atoms with Crippen molar-refractivity contribution in [2.75, 3.05) is 72.5 Å². The number of carboxylic acids is 1. The fraction of sp³-hybridized carbons (Fsp3) is 0.562. The first-order valence-corrected chi connectivity index (χ1v) is 14.8. The number of amides is 1. The van der Waals surface area contributed by atoms with Gasteiger partial charge in [-0.15, -0.1) is 0 Å². The Morgan fingerprint density at radius 2 is 1.79 bits per heavy atom. The first-order chi connectivity index (χ1) is 20.3. The van der Waals surface area contributed by atoms with E-state index in [1.807, 2.05) is 38.4 Å². The van der Waals surface area contributed by atoms with Crippen molar-refractivity contribution in [3.63, 3.8) is 0 Å². The first kappa shape index (κ1) is 32.2. The number of carbonyl (C=O) groups is 3. The Morgan fingerprint density at radius 3 is 2.37 bits per heavy atom. The molecule has 11 nitrogen and oxygen atoms in total. The van der Waals surface area contributed by atoms with Crippen LogP contribution < -0.4 is 15.0 Å². The van der Waals surface area contributed by atoms with Crippen LogP contribution in [0.5, 0.6) is 5.75 Å². The Balaban J connectivity index is 1.57. The van der Waals surface area contributed by atoms with Crippen LogP contribution in [-0.2, 0) is 19.7 Å². The van der Waals surface area contributed by atoms with Gasteiger partial charge < -0.3 is 29.8 Å². The van der Waals surface area contributed by atoms with Gasteiger partial charge in [-0.25, -0.2) is 4.79 Å². The molecule has 2 heterocycles. The van der Waals surface area contributed by atoms with E-state index in [4.69, 9.17) is 14.6 Å². The minimum atomic E-state index is -0.969. The second kappa shape index (κ2) is 13.3. The zero-order chi connectivity index (χ0) is 31.5. The maximum Gasteiger partial charge on any atom is 0.329 e. The summed E-state index contributed by atoms with van der Waals surface area (Å²) in [5, 5.41) is 17.9. The Bertz CT molecular complexity index is 1330. The second-order valence-electron chi connectivity index (χ2n) is 12.6. The number of hydrogen-bond donors (Lipinski definition) is 2. The van der Waals surface area contributed by atoms with Crippen molar-refractivity contribution < 1.29 is 29.0 Å². The van der Waals surface area contributed by atoms with Crippen molar-refractivity contribution in [1.29, 1.82) is 0 Å². The molecule has 0 aromatic heterocycles. The lowest BCUT2D eigenvalue weighted by Crippen LogP contribution is -2.38. The van der Waals surface area contributed by atoms with Gasteiger partial charge in [0.15, 0.2) is 5.78 Å². The number of nitrogens with zero attached hydrogens (tertiary/aromatic N) is 4. The number of hydrogen-bond acceptors (Lipinski definition) is 9. The highest BCUT2D eigenvalue weighted by Gasteiger charge is 2.33. The summed E-state index contributed by atoms with van der Waals surface area (Å²) in [5.74, 6) is -0.790. The third-order valence-electron chi connectivity index (χ3n) is 8.05. The fourth-order valence-electron chi connectivity index (χ4n) is 5.92. The van der Waals surface area contributed by atoms with Crippen LogP contribution in [0.1, 0.15) is 49.5 Å². The van der Waals surface area contributed by atoms with E-state index in [0.29, 0.717) is 50.3 Å². The van der Waals surface area contributed by atoms with Crippen molar-refractivity contribution in [3.05, 3.63) is 46.6 Å². The van der Waals surface area contributed by atoms with Gasteiger partial charge in [-0.05, 0) is 47.6 Å². The topological polar surface area (TPSA) is 124 Å². The van der Waals surface area contributed by atoms with E-state index < -0.39 is 11.9 Å². The van der Waals surface area contributed by atoms with Crippen molar-refractivity contribution in [1.82, 2.24) is 15.2 Å². The van der Waals surface area contributed by atoms with E-state index in [2.05, 4.69) is 41.0 Å². The molecule has 2 aliphatic heterocycles. The van der Waals surface area contributed by atoms with Gasteiger partial charge in [-0.1, -0.05) is 26.8 Å². The SMILES string of the molecule is CNC(=O)C1C=C2CN(CC(=O)c3cc(N4CCC(OCC(=O)O)CC4)c(OC)c(C(C)(C)C)c3)CC2=CC1=NN(C)C. The molecule has 1 atom stereocenters. The first-order valence-electron chi connectivity index (χ1n) is 14.8. The molecule has 2 N–H and O–H groups in total. The number of benzene rings is 1. The van der Waals surface area contributed by atoms with Crippen LogP contribution in [-0.4, -0.2) is 112 Å². The Labute approximate surface area is 254 Å². The van der Waals surface area contributed by atoms with Crippen LogP contribution in [0.4, 0.5) is 5.69 Å². The molecule has 1 aliphatic carbocycles. The van der Waals surface area contributed by atoms with E-state index in [-0.39, 0.29) is 36.4 Å². The van der Waals surface area contributed by atoms with Gasteiger partial charge in [-0.2, -0.15) is 5.10 Å². The van der Waals surface area contributed by atoms with Crippen LogP contribution in [0.2, 0.25) is 0 Å². The summed E-state index contributed by atoms with van der Waals surface area (Å²) >= 11 is 0. The van der Waals surface area contributed by atoms with E-state index in [0.717, 1.165) is 28.1 Å². The lowest BCUT2D eigenvalue weighted by molar-refractivity contribution is -0.144. The average molecular weight is 596 g/mol. The Hall–Kier alpha value is -3.70. The minimum Gasteiger partial charge on any atom is -0.494 e. The molecule has 1 aromatic rings. The monoisotopic (exact) mass is 595 g/mol. The number of likely N-dealkylation sites (tertiary alicyclic amines) is 1. The molecule has 0 bridgehead atoms. The van der Waals surface area contributed by atoms with E-state index in [1.165, 1.54) is 0 Å². The molecule has 2 saturated heterocycles. The van der Waals surface area contributed by atoms with Crippen molar-refractivity contribution in [2.24, 2.45) is 11.0 Å². The molecule has 234 valence electrons. The zero-order valence-corrected chi connectivity index (χ0v) is 26.4. The van der Waals surface area contributed by atoms with Gasteiger partial charge in [0.25, 0.3) is 0 Å². The summed E-state index contributed by atoms with van der Waals surface area (Å²) < 4.78 is 11.5. The predicted octanol–water partition coefficient (Wildman–Crippen LogP) is 2.71. The summed E-state index contributed by atoms with van der Waals surface area (Å²) in [7, 11) is 6.94. The Morgan fingerprint density at radius 1 is 1.12 bits per heavy atom. The van der Waals surface area contributed by atoms with Gasteiger partial charge in [-0.3, -0.25) is 14.5 Å². The zero-order valence-electron chi connectivity index (χ0n) is 26.4. The Kier molecular flexibility index (Phi) is 9.96. The van der Waals surface area contributed by atoms with Crippen molar-refractivity contribution in [3.8, 4) is 5.75 Å². The third kappa shape index (κ3) is 7.64. The van der Waals surface area contributed by atoms with Crippen LogP contribution in [0, 0.1) is 5.92 Å². The molecule has 43 heavy (non-hydrogen) atoms. The molecule has 4 rings (SSSR count). The second-order valence-corrected chi connectivity index (χ2v) is 12.6. The summed E-state index contributed by atoms with van der Waals surface area (Å²) in [4.78, 5) is 41.7. The van der Waals surface area contributed by atoms with Gasteiger partial charge in [0.05, 0.1) is 31.2 Å². The maximum atomic E-state index is 13.8. The molecule has 2 fully saturated rings. The number of carbonyl (C=O) groups excluding carboxylic acids is 2. The number of rotatable bonds is 10. The van der Waals surface area contributed by atoms with Gasteiger partial charge in [0.1, 0.15) is 18.3 Å². The normalized spacial score (nSPS) is 20.4. The molecule has 0 radical (unpaired) electrons. The summed E-state index contributed by atoms with van der Waals surface area (Å²) in [6.45, 7) is 8.77. The number of ether oxygens (including phenoxy) is 2. The number of Topliss-reactive ketones (excluding diaryl/α,β-unsaturated/α-hetero) is 1. The van der Waals surface area contributed by atoms with Gasteiger partial charge >= 0.3 is 5.97 Å². The van der Waals surface area contributed by atoms with Crippen LogP contribution >= 0.6 is 0 Å². The van der Waals surface area contributed by atoms with Gasteiger partial charge in [0.2, 0.25) is 5.91 Å². The van der Waals surface area contributed by atoms with Crippen molar-refractivity contribution >= 4 is 29.1 Å². The number of ketones is 1. The number of nitrogens with one attached hydrogen (secondary N) is 1. The smallest absolute Gasteiger partial charge is 0.329 e. The fourth-order valence-corrected chi connectivity index (χ4v) is 5.92. The molecular formula is C32H45N5O6. The largest absolute Gasteiger partial charge is 0.494 e. The van der Waals surface area contributed by atoms with Gasteiger partial charge in [0, 0.05) is 58.4 Å². The quantitative estimate of drug-likeness (QED) is 0.310. The molecule has 0 spiro atoms. The average Bonchev–Trinajstić information content (AvgIpc) is 3.34. The highest BCUT2D eigenvalue weighted by molar-refractivity contribution is 6.13. The highest BCUT2D eigenvalue weighted by atomic mass is 16.5. The number of anilines is 1. The summed E-state index contributed by atoms with van der Waals surface area (Å²) in [5.41, 5.74) is 5.00. The number of hydrazone groups is 1. The van der Waals surface area contributed by atoms with Crippen LogP contribution in [0.15, 0.2) is 40.5 Å². The van der Waals surface area contributed by atoms with Crippen molar-refractivity contribution in [2.45, 2.75) is 45.1 Å². The summed E-state index contributed by atoms with van der Waals surface area (Å²) in [6.07, 6.45) is 5.21. The molecule has 1 amide bonds. The molecule has 11 heteroatoms. The van der Waals surface area contributed by atoms with E-state index in [1.54, 1.807) is 19.2 Å². The highest BCUT2D eigenvalue weighted by Crippen LogP contribution is 2.41. The lowest BCUT2D eigenvalue weighted by atomic mass is 9.84. The van der Waals surface area contributed by atoms with E-state index in [9.17, 15) is 14.4 Å². The molecule has 0 saturated carbocycles. The third-order valence-corrected chi connectivity index (χ3v) is 8.05. The molecular weight excluding hydrogens is 550 g/mol. The molecule has 1 unspecified atom stereocenters. The van der Waals surface area contributed by atoms with E-state index >= 15 is 0 Å². The number of methoxy groups -OCH3 is 1. The number of aliphatic carboxylic acids is 1. The predicted molar refractivity (Wildman–Crippen MR) is 166 cm³/mol. The lowest BCUT2D eigenvalue weighted by Gasteiger charge is -2.36.